The largest absolute Gasteiger partial charge is 0.467 e. The Morgan fingerprint density at radius 1 is 0.893 bits per heavy atom. The van der Waals surface area contributed by atoms with Crippen LogP contribution in [0, 0.1) is 5.82 Å². The molecule has 2 rings (SSSR count). The van der Waals surface area contributed by atoms with Crippen molar-refractivity contribution in [2.24, 2.45) is 0 Å². The molecule has 2 aromatic carbocycles. The highest BCUT2D eigenvalue weighted by Gasteiger charge is 2.27. The highest BCUT2D eigenvalue weighted by atomic mass is 19.1. The average molecular weight is 386 g/mol. The molecule has 7 heteroatoms. The zero-order valence-corrected chi connectivity index (χ0v) is 15.8. The van der Waals surface area contributed by atoms with E-state index >= 15 is 0 Å². The minimum absolute atomic E-state index is 0.158. The maximum atomic E-state index is 13.1. The van der Waals surface area contributed by atoms with E-state index in [0.717, 1.165) is 5.56 Å². The highest BCUT2D eigenvalue weighted by Crippen LogP contribution is 2.08. The number of ether oxygens (including phenoxy) is 1. The molecule has 0 bridgehead atoms. The summed E-state index contributed by atoms with van der Waals surface area (Å²) < 4.78 is 17.9. The van der Waals surface area contributed by atoms with Crippen molar-refractivity contribution in [2.75, 3.05) is 7.11 Å². The van der Waals surface area contributed by atoms with Crippen LogP contribution in [0.1, 0.15) is 18.1 Å². The lowest BCUT2D eigenvalue weighted by molar-refractivity contribution is -0.145. The van der Waals surface area contributed by atoms with Gasteiger partial charge in [-0.2, -0.15) is 0 Å². The summed E-state index contributed by atoms with van der Waals surface area (Å²) in [6.45, 7) is 1.30. The fraction of sp³-hybridized carbons (Fsp3) is 0.286. The molecule has 2 N–H and O–H groups in total. The van der Waals surface area contributed by atoms with Crippen LogP contribution in [-0.2, 0) is 32.0 Å². The van der Waals surface area contributed by atoms with Crippen LogP contribution in [0.15, 0.2) is 54.6 Å². The van der Waals surface area contributed by atoms with Gasteiger partial charge in [-0.1, -0.05) is 42.5 Å². The molecule has 0 aromatic heterocycles. The second-order valence-electron chi connectivity index (χ2n) is 6.36. The van der Waals surface area contributed by atoms with Crippen molar-refractivity contribution >= 4 is 17.8 Å². The molecule has 2 aromatic rings. The lowest BCUT2D eigenvalue weighted by Gasteiger charge is -2.22. The van der Waals surface area contributed by atoms with Crippen LogP contribution in [0.25, 0.3) is 0 Å². The Labute approximate surface area is 163 Å². The molecule has 0 radical (unpaired) electrons. The number of carbonyl (C=O) groups is 3. The molecule has 0 aliphatic carbocycles. The highest BCUT2D eigenvalue weighted by molar-refractivity contribution is 5.90. The molecule has 0 spiro atoms. The van der Waals surface area contributed by atoms with E-state index in [0.29, 0.717) is 5.56 Å². The van der Waals surface area contributed by atoms with E-state index < -0.39 is 29.8 Å². The fourth-order valence-corrected chi connectivity index (χ4v) is 2.77. The summed E-state index contributed by atoms with van der Waals surface area (Å²) in [7, 11) is 1.25. The van der Waals surface area contributed by atoms with Gasteiger partial charge in [-0.05, 0) is 23.3 Å². The minimum Gasteiger partial charge on any atom is -0.467 e. The van der Waals surface area contributed by atoms with E-state index in [-0.39, 0.29) is 18.7 Å². The number of carbonyl (C=O) groups excluding carboxylic acids is 3. The maximum Gasteiger partial charge on any atom is 0.328 e. The fourth-order valence-electron chi connectivity index (χ4n) is 2.77. The summed E-state index contributed by atoms with van der Waals surface area (Å²) in [5.74, 6) is -1.88. The van der Waals surface area contributed by atoms with Crippen molar-refractivity contribution in [3.63, 3.8) is 0 Å². The SMILES string of the molecule is COC(=O)[C@H](Cc1ccccc1)NC(=O)[C@@H](Cc1ccc(F)cc1)NC(C)=O. The molecule has 0 aliphatic heterocycles. The molecule has 148 valence electrons. The first-order valence-corrected chi connectivity index (χ1v) is 8.82. The van der Waals surface area contributed by atoms with Crippen molar-refractivity contribution in [3.05, 3.63) is 71.5 Å². The number of hydrogen-bond donors (Lipinski definition) is 2. The molecule has 2 amide bonds. The topological polar surface area (TPSA) is 84.5 Å². The number of rotatable bonds is 8. The monoisotopic (exact) mass is 386 g/mol. The van der Waals surface area contributed by atoms with Gasteiger partial charge in [-0.15, -0.1) is 0 Å². The molecule has 0 saturated carbocycles. The van der Waals surface area contributed by atoms with Crippen molar-refractivity contribution in [3.8, 4) is 0 Å². The third-order valence-electron chi connectivity index (χ3n) is 4.13. The third-order valence-corrected chi connectivity index (χ3v) is 4.13. The van der Waals surface area contributed by atoms with Crippen LogP contribution < -0.4 is 10.6 Å². The van der Waals surface area contributed by atoms with Crippen molar-refractivity contribution in [1.29, 1.82) is 0 Å². The number of halogens is 1. The first-order valence-electron chi connectivity index (χ1n) is 8.82. The van der Waals surface area contributed by atoms with Crippen LogP contribution in [0.4, 0.5) is 4.39 Å². The van der Waals surface area contributed by atoms with E-state index in [1.54, 1.807) is 12.1 Å². The van der Waals surface area contributed by atoms with Gasteiger partial charge in [0.2, 0.25) is 11.8 Å². The summed E-state index contributed by atoms with van der Waals surface area (Å²) in [5.41, 5.74) is 1.53. The second-order valence-corrected chi connectivity index (χ2v) is 6.36. The Kier molecular flexibility index (Phi) is 7.68. The standard InChI is InChI=1S/C21H23FN2O4/c1-14(25)23-18(12-16-8-10-17(22)11-9-16)20(26)24-19(21(27)28-2)13-15-6-4-3-5-7-15/h3-11,18-19H,12-13H2,1-2H3,(H,23,25)(H,24,26)/t18-,19+/m1/s1. The van der Waals surface area contributed by atoms with Crippen LogP contribution in [0.2, 0.25) is 0 Å². The average Bonchev–Trinajstić information content (AvgIpc) is 2.68. The summed E-state index contributed by atoms with van der Waals surface area (Å²) in [5, 5.41) is 5.22. The van der Waals surface area contributed by atoms with Gasteiger partial charge in [0, 0.05) is 19.8 Å². The van der Waals surface area contributed by atoms with Crippen molar-refractivity contribution in [1.82, 2.24) is 10.6 Å². The van der Waals surface area contributed by atoms with Crippen LogP contribution in [0.3, 0.4) is 0 Å². The molecule has 0 aliphatic rings. The zero-order chi connectivity index (χ0) is 20.5. The van der Waals surface area contributed by atoms with Gasteiger partial charge in [-0.25, -0.2) is 9.18 Å². The molecule has 0 unspecified atom stereocenters. The number of hydrogen-bond acceptors (Lipinski definition) is 4. The van der Waals surface area contributed by atoms with Gasteiger partial charge >= 0.3 is 5.97 Å². The Morgan fingerprint density at radius 3 is 2.04 bits per heavy atom. The predicted octanol–water partition coefficient (Wildman–Crippen LogP) is 1.77. The van der Waals surface area contributed by atoms with E-state index in [9.17, 15) is 18.8 Å². The van der Waals surface area contributed by atoms with E-state index in [1.807, 2.05) is 30.3 Å². The summed E-state index contributed by atoms with van der Waals surface area (Å²) in [6.07, 6.45) is 0.410. The summed E-state index contributed by atoms with van der Waals surface area (Å²) in [6, 6.07) is 13.0. The number of methoxy groups -OCH3 is 1. The van der Waals surface area contributed by atoms with Gasteiger partial charge in [0.25, 0.3) is 0 Å². The maximum absolute atomic E-state index is 13.1. The quantitative estimate of drug-likeness (QED) is 0.678. The number of nitrogens with one attached hydrogen (secondary N) is 2. The second kappa shape index (κ2) is 10.2. The molecule has 0 heterocycles. The minimum atomic E-state index is -0.911. The molecule has 0 fully saturated rings. The first-order chi connectivity index (χ1) is 13.4. The van der Waals surface area contributed by atoms with E-state index in [1.165, 1.54) is 26.2 Å². The Morgan fingerprint density at radius 2 is 1.46 bits per heavy atom. The molecule has 2 atom stereocenters. The van der Waals surface area contributed by atoms with Crippen LogP contribution in [0.5, 0.6) is 0 Å². The van der Waals surface area contributed by atoms with Gasteiger partial charge in [0.1, 0.15) is 17.9 Å². The van der Waals surface area contributed by atoms with Gasteiger partial charge in [0.15, 0.2) is 0 Å². The predicted molar refractivity (Wildman–Crippen MR) is 102 cm³/mol. The lowest BCUT2D eigenvalue weighted by atomic mass is 10.0. The zero-order valence-electron chi connectivity index (χ0n) is 15.8. The summed E-state index contributed by atoms with van der Waals surface area (Å²) >= 11 is 0. The van der Waals surface area contributed by atoms with E-state index in [2.05, 4.69) is 10.6 Å². The Bertz CT molecular complexity index is 809. The molecule has 28 heavy (non-hydrogen) atoms. The van der Waals surface area contributed by atoms with Gasteiger partial charge < -0.3 is 15.4 Å². The molecular weight excluding hydrogens is 363 g/mol. The Hall–Kier alpha value is -3.22. The number of esters is 1. The van der Waals surface area contributed by atoms with Gasteiger partial charge in [0.05, 0.1) is 7.11 Å². The van der Waals surface area contributed by atoms with Crippen LogP contribution in [-0.4, -0.2) is 37.0 Å². The third kappa shape index (κ3) is 6.50. The van der Waals surface area contributed by atoms with E-state index in [4.69, 9.17) is 4.74 Å². The smallest absolute Gasteiger partial charge is 0.328 e. The van der Waals surface area contributed by atoms with Gasteiger partial charge in [-0.3, -0.25) is 9.59 Å². The molecule has 0 saturated heterocycles. The van der Waals surface area contributed by atoms with Crippen molar-refractivity contribution < 1.29 is 23.5 Å². The first kappa shape index (κ1) is 21.1. The summed E-state index contributed by atoms with van der Waals surface area (Å²) in [4.78, 5) is 36.4. The van der Waals surface area contributed by atoms with Crippen molar-refractivity contribution in [2.45, 2.75) is 31.8 Å². The number of amides is 2. The normalized spacial score (nSPS) is 12.5. The molecular formula is C21H23FN2O4. The lowest BCUT2D eigenvalue weighted by Crippen LogP contribution is -2.53. The number of benzene rings is 2. The molecule has 6 nitrogen and oxygen atoms in total. The Balaban J connectivity index is 2.14. The van der Waals surface area contributed by atoms with Crippen LogP contribution >= 0.6 is 0 Å².